The molecule has 0 unspecified atom stereocenters. The second kappa shape index (κ2) is 11.8. The van der Waals surface area contributed by atoms with E-state index in [1.54, 1.807) is 12.1 Å². The number of aromatic nitrogens is 3. The maximum absolute atomic E-state index is 13.0. The van der Waals surface area contributed by atoms with Crippen molar-refractivity contribution in [3.05, 3.63) is 53.9 Å². The molecule has 5 rings (SSSR count). The van der Waals surface area contributed by atoms with Crippen LogP contribution in [0.2, 0.25) is 0 Å². The first-order valence-electron chi connectivity index (χ1n) is 12.7. The summed E-state index contributed by atoms with van der Waals surface area (Å²) >= 11 is 1.24. The van der Waals surface area contributed by atoms with E-state index in [9.17, 15) is 18.0 Å². The van der Waals surface area contributed by atoms with Crippen molar-refractivity contribution in [3.8, 4) is 17.2 Å². The van der Waals surface area contributed by atoms with Crippen molar-refractivity contribution in [2.45, 2.75) is 42.7 Å². The molecule has 206 valence electrons. The van der Waals surface area contributed by atoms with Crippen LogP contribution < -0.4 is 14.8 Å². The average molecular weight is 572 g/mol. The number of carbonyl (C=O) groups is 2. The third kappa shape index (κ3) is 6.10. The lowest BCUT2D eigenvalue weighted by molar-refractivity contribution is -0.118. The third-order valence-electron chi connectivity index (χ3n) is 6.48. The SMILES string of the molecule is CC(=O)NCCCc1nnc(SCC(=O)c2ccc(S(=O)(=O)N3CCCC3)cc2)n1-c1ccc2c(c1)OCO2. The lowest BCUT2D eigenvalue weighted by atomic mass is 10.1. The topological polar surface area (TPSA) is 133 Å². The summed E-state index contributed by atoms with van der Waals surface area (Å²) in [4.78, 5) is 24.4. The van der Waals surface area contributed by atoms with E-state index in [2.05, 4.69) is 15.5 Å². The molecule has 0 saturated carbocycles. The summed E-state index contributed by atoms with van der Waals surface area (Å²) in [6, 6.07) is 11.6. The van der Waals surface area contributed by atoms with E-state index in [1.807, 2.05) is 22.8 Å². The number of Topliss-reactive ketones (excluding diaryl/α,β-unsaturated/α-hetero) is 1. The lowest BCUT2D eigenvalue weighted by Crippen LogP contribution is -2.27. The molecule has 0 aliphatic carbocycles. The maximum Gasteiger partial charge on any atom is 0.243 e. The third-order valence-corrected chi connectivity index (χ3v) is 9.32. The zero-order chi connectivity index (χ0) is 27.4. The molecular weight excluding hydrogens is 542 g/mol. The van der Waals surface area contributed by atoms with Crippen molar-refractivity contribution in [1.29, 1.82) is 0 Å². The Labute approximate surface area is 230 Å². The molecule has 1 amide bonds. The summed E-state index contributed by atoms with van der Waals surface area (Å²) in [5.74, 6) is 1.79. The molecule has 11 nitrogen and oxygen atoms in total. The fourth-order valence-electron chi connectivity index (χ4n) is 4.45. The number of ketones is 1. The highest BCUT2D eigenvalue weighted by Crippen LogP contribution is 2.35. The Hall–Kier alpha value is -3.42. The molecule has 0 atom stereocenters. The predicted molar refractivity (Wildman–Crippen MR) is 144 cm³/mol. The Morgan fingerprint density at radius 3 is 2.51 bits per heavy atom. The Morgan fingerprint density at radius 1 is 1.03 bits per heavy atom. The first kappa shape index (κ1) is 27.2. The summed E-state index contributed by atoms with van der Waals surface area (Å²) in [5.41, 5.74) is 1.19. The number of ether oxygens (including phenoxy) is 2. The van der Waals surface area contributed by atoms with Gasteiger partial charge in [0.15, 0.2) is 22.4 Å². The number of sulfonamides is 1. The minimum Gasteiger partial charge on any atom is -0.454 e. The van der Waals surface area contributed by atoms with E-state index in [-0.39, 0.29) is 29.1 Å². The number of nitrogens with zero attached hydrogens (tertiary/aromatic N) is 4. The highest BCUT2D eigenvalue weighted by Gasteiger charge is 2.27. The van der Waals surface area contributed by atoms with Crippen LogP contribution in [0.5, 0.6) is 11.5 Å². The molecule has 1 saturated heterocycles. The minimum atomic E-state index is -3.54. The number of hydrogen-bond acceptors (Lipinski definition) is 9. The fraction of sp³-hybridized carbons (Fsp3) is 0.385. The molecule has 3 aromatic rings. The van der Waals surface area contributed by atoms with Gasteiger partial charge in [-0.05, 0) is 43.5 Å². The molecule has 13 heteroatoms. The fourth-order valence-corrected chi connectivity index (χ4v) is 6.84. The number of rotatable bonds is 11. The van der Waals surface area contributed by atoms with Gasteiger partial charge in [0.2, 0.25) is 22.7 Å². The van der Waals surface area contributed by atoms with Gasteiger partial charge in [-0.25, -0.2) is 8.42 Å². The van der Waals surface area contributed by atoms with Crippen LogP contribution in [0, 0.1) is 0 Å². The van der Waals surface area contributed by atoms with Crippen LogP contribution in [0.4, 0.5) is 0 Å². The molecule has 0 spiro atoms. The first-order chi connectivity index (χ1) is 18.8. The highest BCUT2D eigenvalue weighted by molar-refractivity contribution is 7.99. The van der Waals surface area contributed by atoms with Crippen molar-refractivity contribution in [3.63, 3.8) is 0 Å². The van der Waals surface area contributed by atoms with E-state index in [0.717, 1.165) is 18.5 Å². The normalized spacial score (nSPS) is 15.0. The van der Waals surface area contributed by atoms with Gasteiger partial charge in [0, 0.05) is 44.6 Å². The smallest absolute Gasteiger partial charge is 0.243 e. The lowest BCUT2D eigenvalue weighted by Gasteiger charge is -2.15. The molecule has 2 aliphatic heterocycles. The summed E-state index contributed by atoms with van der Waals surface area (Å²) in [6.45, 7) is 3.19. The van der Waals surface area contributed by atoms with Gasteiger partial charge in [0.05, 0.1) is 16.3 Å². The van der Waals surface area contributed by atoms with Crippen molar-refractivity contribution >= 4 is 33.5 Å². The van der Waals surface area contributed by atoms with E-state index in [1.165, 1.54) is 35.1 Å². The molecule has 0 bridgehead atoms. The van der Waals surface area contributed by atoms with E-state index >= 15 is 0 Å². The van der Waals surface area contributed by atoms with E-state index < -0.39 is 10.0 Å². The summed E-state index contributed by atoms with van der Waals surface area (Å²) in [6.07, 6.45) is 2.95. The van der Waals surface area contributed by atoms with Crippen LogP contribution >= 0.6 is 11.8 Å². The van der Waals surface area contributed by atoms with Crippen LogP contribution in [-0.4, -0.2) is 71.4 Å². The molecule has 2 aliphatic rings. The molecular formula is C26H29N5O6S2. The van der Waals surface area contributed by atoms with Gasteiger partial charge in [0.25, 0.3) is 0 Å². The van der Waals surface area contributed by atoms with Crippen molar-refractivity contribution < 1.29 is 27.5 Å². The summed E-state index contributed by atoms with van der Waals surface area (Å²) in [5, 5.41) is 12.0. The highest BCUT2D eigenvalue weighted by atomic mass is 32.2. The molecule has 3 heterocycles. The van der Waals surface area contributed by atoms with Crippen LogP contribution in [0.15, 0.2) is 52.5 Å². The summed E-state index contributed by atoms with van der Waals surface area (Å²) < 4.78 is 39.9. The molecule has 1 aromatic heterocycles. The minimum absolute atomic E-state index is 0.0901. The Morgan fingerprint density at radius 2 is 1.77 bits per heavy atom. The van der Waals surface area contributed by atoms with Gasteiger partial charge in [-0.15, -0.1) is 10.2 Å². The second-order valence-corrected chi connectivity index (χ2v) is 12.1. The number of nitrogens with one attached hydrogen (secondary N) is 1. The average Bonchev–Trinajstić information content (AvgIpc) is 3.70. The van der Waals surface area contributed by atoms with Gasteiger partial charge in [-0.3, -0.25) is 14.2 Å². The first-order valence-corrected chi connectivity index (χ1v) is 15.1. The number of benzene rings is 2. The molecule has 39 heavy (non-hydrogen) atoms. The Balaban J connectivity index is 1.31. The molecule has 2 aromatic carbocycles. The maximum atomic E-state index is 13.0. The van der Waals surface area contributed by atoms with Gasteiger partial charge < -0.3 is 14.8 Å². The number of amides is 1. The van der Waals surface area contributed by atoms with Crippen LogP contribution in [0.1, 0.15) is 42.4 Å². The quantitative estimate of drug-likeness (QED) is 0.210. The van der Waals surface area contributed by atoms with Gasteiger partial charge in [0.1, 0.15) is 5.82 Å². The monoisotopic (exact) mass is 571 g/mol. The zero-order valence-corrected chi connectivity index (χ0v) is 23.1. The molecule has 1 N–H and O–H groups in total. The van der Waals surface area contributed by atoms with E-state index in [4.69, 9.17) is 9.47 Å². The number of hydrogen-bond donors (Lipinski definition) is 1. The van der Waals surface area contributed by atoms with Crippen LogP contribution in [0.3, 0.4) is 0 Å². The Kier molecular flexibility index (Phi) is 8.19. The second-order valence-electron chi connectivity index (χ2n) is 9.21. The standard InChI is InChI=1S/C26H29N5O6S2/c1-18(32)27-12-4-5-25-28-29-26(31(25)20-8-11-23-24(15-20)37-17-36-23)38-16-22(33)19-6-9-21(10-7-19)39(34,35)30-13-2-3-14-30/h6-11,15H,2-5,12-14,16-17H2,1H3,(H,27,32). The van der Waals surface area contributed by atoms with Crippen molar-refractivity contribution in [1.82, 2.24) is 24.4 Å². The number of fused-ring (bicyclic) bond motifs is 1. The largest absolute Gasteiger partial charge is 0.454 e. The summed E-state index contributed by atoms with van der Waals surface area (Å²) in [7, 11) is -3.54. The number of carbonyl (C=O) groups excluding carboxylic acids is 2. The Bertz CT molecular complexity index is 1470. The van der Waals surface area contributed by atoms with Gasteiger partial charge in [-0.1, -0.05) is 23.9 Å². The molecule has 1 fully saturated rings. The van der Waals surface area contributed by atoms with Crippen LogP contribution in [0.25, 0.3) is 5.69 Å². The number of thioether (sulfide) groups is 1. The van der Waals surface area contributed by atoms with Crippen molar-refractivity contribution in [2.24, 2.45) is 0 Å². The predicted octanol–water partition coefficient (Wildman–Crippen LogP) is 2.82. The van der Waals surface area contributed by atoms with E-state index in [0.29, 0.717) is 60.5 Å². The number of aryl methyl sites for hydroxylation is 1. The van der Waals surface area contributed by atoms with Gasteiger partial charge in [-0.2, -0.15) is 4.31 Å². The van der Waals surface area contributed by atoms with Crippen molar-refractivity contribution in [2.75, 3.05) is 32.2 Å². The van der Waals surface area contributed by atoms with Gasteiger partial charge >= 0.3 is 0 Å². The van der Waals surface area contributed by atoms with Crippen LogP contribution in [-0.2, 0) is 21.2 Å². The zero-order valence-electron chi connectivity index (χ0n) is 21.5. The molecule has 0 radical (unpaired) electrons.